The van der Waals surface area contributed by atoms with Gasteiger partial charge in [-0.1, -0.05) is 25.4 Å². The van der Waals surface area contributed by atoms with E-state index in [0.717, 1.165) is 5.01 Å². The predicted octanol–water partition coefficient (Wildman–Crippen LogP) is 1.29. The Balaban J connectivity index is 0.000000921. The third-order valence-corrected chi connectivity index (χ3v) is 1.79. The van der Waals surface area contributed by atoms with Gasteiger partial charge in [-0.15, -0.1) is 0 Å². The van der Waals surface area contributed by atoms with Crippen molar-refractivity contribution in [1.29, 1.82) is 0 Å². The number of hydrazine groups is 1. The van der Waals surface area contributed by atoms with Gasteiger partial charge in [0.25, 0.3) is 5.91 Å². The van der Waals surface area contributed by atoms with E-state index in [1.54, 1.807) is 0 Å². The number of carbonyl (C=O) groups excluding carboxylic acids is 1. The number of carbonyl (C=O) groups is 1. The maximum absolute atomic E-state index is 11.4. The van der Waals surface area contributed by atoms with Gasteiger partial charge in [-0.05, 0) is 6.07 Å². The van der Waals surface area contributed by atoms with Crippen LogP contribution in [0.3, 0.4) is 0 Å². The Kier molecular flexibility index (Phi) is 5.66. The van der Waals surface area contributed by atoms with E-state index in [1.807, 2.05) is 13.8 Å². The number of halogens is 1. The summed E-state index contributed by atoms with van der Waals surface area (Å²) in [4.78, 5) is 15.1. The summed E-state index contributed by atoms with van der Waals surface area (Å²) >= 11 is 5.61. The lowest BCUT2D eigenvalue weighted by molar-refractivity contribution is 0.0796. The maximum atomic E-state index is 11.4. The molecule has 15 heavy (non-hydrogen) atoms. The van der Waals surface area contributed by atoms with Crippen LogP contribution in [0.5, 0.6) is 0 Å². The first kappa shape index (κ1) is 13.7. The second kappa shape index (κ2) is 6.21. The van der Waals surface area contributed by atoms with E-state index in [1.165, 1.54) is 19.3 Å². The minimum atomic E-state index is -0.401. The molecule has 1 rings (SSSR count). The van der Waals surface area contributed by atoms with E-state index in [4.69, 9.17) is 23.2 Å². The van der Waals surface area contributed by atoms with Gasteiger partial charge in [0.2, 0.25) is 0 Å². The molecular formula is C9H15ClN4O. The number of nitrogens with two attached hydrogens (primary N) is 2. The average Bonchev–Trinajstić information content (AvgIpc) is 2.24. The van der Waals surface area contributed by atoms with Crippen LogP contribution in [0.2, 0.25) is 5.15 Å². The van der Waals surface area contributed by atoms with Crippen LogP contribution in [-0.4, -0.2) is 22.9 Å². The smallest absolute Gasteiger partial charge is 0.269 e. The molecular weight excluding hydrogens is 216 g/mol. The van der Waals surface area contributed by atoms with E-state index in [-0.39, 0.29) is 16.4 Å². The topological polar surface area (TPSA) is 85.2 Å². The highest BCUT2D eigenvalue weighted by Crippen LogP contribution is 2.19. The lowest BCUT2D eigenvalue weighted by Gasteiger charge is -2.11. The molecule has 0 saturated carbocycles. The van der Waals surface area contributed by atoms with Crippen LogP contribution in [0.15, 0.2) is 12.3 Å². The van der Waals surface area contributed by atoms with Gasteiger partial charge in [0.1, 0.15) is 0 Å². The van der Waals surface area contributed by atoms with Gasteiger partial charge >= 0.3 is 0 Å². The zero-order chi connectivity index (χ0) is 12.0. The fraction of sp³-hybridized carbons (Fsp3) is 0.333. The van der Waals surface area contributed by atoms with Crippen molar-refractivity contribution in [2.75, 3.05) is 12.8 Å². The van der Waals surface area contributed by atoms with Crippen molar-refractivity contribution in [3.05, 3.63) is 23.0 Å². The largest absolute Gasteiger partial charge is 0.396 e. The van der Waals surface area contributed by atoms with Crippen molar-refractivity contribution >= 4 is 23.2 Å². The summed E-state index contributed by atoms with van der Waals surface area (Å²) in [6.07, 6.45) is 1.40. The maximum Gasteiger partial charge on any atom is 0.269 e. The van der Waals surface area contributed by atoms with Gasteiger partial charge in [0, 0.05) is 13.2 Å². The molecule has 1 heterocycles. The Bertz CT molecular complexity index is 341. The standard InChI is InChI=1S/C7H9ClN4O.C2H6/c1-12(10)7(13)4-2-3-11-6(8)5(4)9;1-2/h2-3H,9-10H2,1H3;1-2H3. The number of nitrogens with zero attached hydrogens (tertiary/aromatic N) is 2. The lowest BCUT2D eigenvalue weighted by atomic mass is 10.2. The molecule has 1 aromatic heterocycles. The Morgan fingerprint density at radius 2 is 2.07 bits per heavy atom. The summed E-state index contributed by atoms with van der Waals surface area (Å²) in [7, 11) is 1.43. The van der Waals surface area contributed by atoms with Crippen LogP contribution in [-0.2, 0) is 0 Å². The molecule has 0 radical (unpaired) electrons. The van der Waals surface area contributed by atoms with Crippen LogP contribution in [0.4, 0.5) is 5.69 Å². The third-order valence-electron chi connectivity index (χ3n) is 1.49. The minimum Gasteiger partial charge on any atom is -0.396 e. The lowest BCUT2D eigenvalue weighted by Crippen LogP contribution is -2.33. The molecule has 0 atom stereocenters. The number of anilines is 1. The Morgan fingerprint density at radius 1 is 1.53 bits per heavy atom. The summed E-state index contributed by atoms with van der Waals surface area (Å²) in [6, 6.07) is 1.47. The fourth-order valence-electron chi connectivity index (χ4n) is 0.824. The van der Waals surface area contributed by atoms with E-state index >= 15 is 0 Å². The highest BCUT2D eigenvalue weighted by molar-refractivity contribution is 6.32. The van der Waals surface area contributed by atoms with Gasteiger partial charge in [0.15, 0.2) is 5.15 Å². The number of hydrogen-bond donors (Lipinski definition) is 2. The monoisotopic (exact) mass is 230 g/mol. The number of pyridine rings is 1. The first-order valence-electron chi connectivity index (χ1n) is 4.46. The van der Waals surface area contributed by atoms with Crippen molar-refractivity contribution < 1.29 is 4.79 Å². The van der Waals surface area contributed by atoms with Gasteiger partial charge in [0.05, 0.1) is 11.3 Å². The number of nitrogen functional groups attached to an aromatic ring is 1. The molecule has 0 spiro atoms. The SMILES string of the molecule is CC.CN(N)C(=O)c1ccnc(Cl)c1N. The molecule has 4 N–H and O–H groups in total. The van der Waals surface area contributed by atoms with E-state index < -0.39 is 5.91 Å². The van der Waals surface area contributed by atoms with Crippen LogP contribution >= 0.6 is 11.6 Å². The molecule has 0 aliphatic heterocycles. The Labute approximate surface area is 94.0 Å². The fourth-order valence-corrected chi connectivity index (χ4v) is 0.982. The summed E-state index contributed by atoms with van der Waals surface area (Å²) < 4.78 is 0. The molecule has 5 nitrogen and oxygen atoms in total. The second-order valence-electron chi connectivity index (χ2n) is 2.48. The highest BCUT2D eigenvalue weighted by atomic mass is 35.5. The molecule has 6 heteroatoms. The molecule has 0 fully saturated rings. The van der Waals surface area contributed by atoms with Crippen molar-refractivity contribution in [3.8, 4) is 0 Å². The summed E-state index contributed by atoms with van der Waals surface area (Å²) in [5, 5.41) is 1.04. The summed E-state index contributed by atoms with van der Waals surface area (Å²) in [5.74, 6) is 4.85. The highest BCUT2D eigenvalue weighted by Gasteiger charge is 2.14. The third kappa shape index (κ3) is 3.38. The van der Waals surface area contributed by atoms with Crippen molar-refractivity contribution in [3.63, 3.8) is 0 Å². The minimum absolute atomic E-state index is 0.104. The van der Waals surface area contributed by atoms with Crippen molar-refractivity contribution in [2.24, 2.45) is 5.84 Å². The van der Waals surface area contributed by atoms with Crippen LogP contribution in [0.25, 0.3) is 0 Å². The molecule has 0 aliphatic carbocycles. The van der Waals surface area contributed by atoms with Gasteiger partial charge in [-0.3, -0.25) is 9.80 Å². The number of aromatic nitrogens is 1. The molecule has 1 aromatic rings. The molecule has 1 amide bonds. The summed E-state index contributed by atoms with van der Waals surface area (Å²) in [5.41, 5.74) is 5.92. The van der Waals surface area contributed by atoms with Crippen molar-refractivity contribution in [1.82, 2.24) is 9.99 Å². The number of amides is 1. The Hall–Kier alpha value is -1.33. The van der Waals surface area contributed by atoms with Crippen LogP contribution in [0.1, 0.15) is 24.2 Å². The van der Waals surface area contributed by atoms with Crippen molar-refractivity contribution in [2.45, 2.75) is 13.8 Å². The molecule has 0 aliphatic rings. The first-order chi connectivity index (χ1) is 7.04. The number of rotatable bonds is 1. The van der Waals surface area contributed by atoms with Crippen LogP contribution < -0.4 is 11.6 Å². The molecule has 0 aromatic carbocycles. The van der Waals surface area contributed by atoms with Gasteiger partial charge < -0.3 is 5.73 Å². The zero-order valence-corrected chi connectivity index (χ0v) is 9.75. The van der Waals surface area contributed by atoms with E-state index in [2.05, 4.69) is 4.98 Å². The van der Waals surface area contributed by atoms with Crippen LogP contribution in [0, 0.1) is 0 Å². The van der Waals surface area contributed by atoms with Gasteiger partial charge in [-0.25, -0.2) is 10.8 Å². The second-order valence-corrected chi connectivity index (χ2v) is 2.84. The predicted molar refractivity (Wildman–Crippen MR) is 61.3 cm³/mol. The molecule has 0 unspecified atom stereocenters. The molecule has 84 valence electrons. The first-order valence-corrected chi connectivity index (χ1v) is 4.84. The van der Waals surface area contributed by atoms with E-state index in [9.17, 15) is 4.79 Å². The quantitative estimate of drug-likeness (QED) is 0.330. The summed E-state index contributed by atoms with van der Waals surface area (Å²) in [6.45, 7) is 4.00. The zero-order valence-electron chi connectivity index (χ0n) is 8.99. The van der Waals surface area contributed by atoms with Gasteiger partial charge in [-0.2, -0.15) is 0 Å². The van der Waals surface area contributed by atoms with E-state index in [0.29, 0.717) is 0 Å². The average molecular weight is 231 g/mol. The molecule has 0 saturated heterocycles. The molecule has 0 bridgehead atoms. The number of hydrogen-bond acceptors (Lipinski definition) is 4. The Morgan fingerprint density at radius 3 is 2.53 bits per heavy atom. The normalized spacial score (nSPS) is 8.87.